The van der Waals surface area contributed by atoms with Crippen LogP contribution in [0.2, 0.25) is 5.15 Å². The molecule has 2 amide bonds. The van der Waals surface area contributed by atoms with E-state index in [0.717, 1.165) is 5.56 Å². The average Bonchev–Trinajstić information content (AvgIpc) is 3.01. The van der Waals surface area contributed by atoms with Crippen molar-refractivity contribution in [3.05, 3.63) is 82.4 Å². The molecule has 1 unspecified atom stereocenters. The van der Waals surface area contributed by atoms with Gasteiger partial charge in [0.1, 0.15) is 10.7 Å². The Bertz CT molecular complexity index is 1060. The smallest absolute Gasteiger partial charge is 0.279 e. The van der Waals surface area contributed by atoms with Gasteiger partial charge < -0.3 is 4.74 Å². The van der Waals surface area contributed by atoms with Crippen LogP contribution in [-0.2, 0) is 11.3 Å². The molecule has 0 fully saturated rings. The molecule has 0 saturated carbocycles. The van der Waals surface area contributed by atoms with Crippen LogP contribution in [0, 0.1) is 12.7 Å². The quantitative estimate of drug-likeness (QED) is 0.588. The zero-order chi connectivity index (χ0) is 21.7. The second kappa shape index (κ2) is 9.41. The predicted octanol–water partition coefficient (Wildman–Crippen LogP) is 3.26. The molecule has 2 N–H and O–H groups in total. The van der Waals surface area contributed by atoms with Crippen molar-refractivity contribution in [2.24, 2.45) is 0 Å². The lowest BCUT2D eigenvalue weighted by Gasteiger charge is -2.15. The molecule has 1 aromatic heterocycles. The number of rotatable bonds is 6. The maximum Gasteiger partial charge on any atom is 0.279 e. The minimum absolute atomic E-state index is 0.0625. The first kappa shape index (κ1) is 21.3. The zero-order valence-corrected chi connectivity index (χ0v) is 17.1. The van der Waals surface area contributed by atoms with Gasteiger partial charge in [0.25, 0.3) is 11.8 Å². The Morgan fingerprint density at radius 3 is 2.50 bits per heavy atom. The Morgan fingerprint density at radius 1 is 1.13 bits per heavy atom. The van der Waals surface area contributed by atoms with Gasteiger partial charge >= 0.3 is 0 Å². The first-order valence-corrected chi connectivity index (χ1v) is 9.53. The molecule has 156 valence electrons. The summed E-state index contributed by atoms with van der Waals surface area (Å²) in [7, 11) is 0. The summed E-state index contributed by atoms with van der Waals surface area (Å²) in [5.74, 6) is -1.93. The molecule has 2 aromatic carbocycles. The number of hydrogen-bond acceptors (Lipinski definition) is 4. The number of carbonyl (C=O) groups is 2. The number of nitrogens with zero attached hydrogens (tertiary/aromatic N) is 2. The van der Waals surface area contributed by atoms with E-state index in [1.807, 2.05) is 30.3 Å². The number of aromatic nitrogens is 2. The van der Waals surface area contributed by atoms with E-state index in [2.05, 4.69) is 16.0 Å². The number of carbonyl (C=O) groups excluding carboxylic acids is 2. The fraction of sp³-hybridized carbons (Fsp3) is 0.190. The topological polar surface area (TPSA) is 85.3 Å². The molecule has 30 heavy (non-hydrogen) atoms. The van der Waals surface area contributed by atoms with Gasteiger partial charge in [-0.3, -0.25) is 20.4 Å². The fourth-order valence-corrected chi connectivity index (χ4v) is 3.06. The Hall–Kier alpha value is -3.39. The number of aryl methyl sites for hydroxylation is 1. The van der Waals surface area contributed by atoms with E-state index in [1.54, 1.807) is 13.0 Å². The Morgan fingerprint density at radius 2 is 1.80 bits per heavy atom. The molecule has 0 bridgehead atoms. The number of para-hydroxylation sites is 1. The highest BCUT2D eigenvalue weighted by Gasteiger charge is 2.22. The number of benzene rings is 2. The van der Waals surface area contributed by atoms with E-state index in [9.17, 15) is 14.0 Å². The standard InChI is InChI=1S/C21H20ClFN4O3/c1-13-18(19(22)27(26-13)12-15-8-4-3-5-9-15)21(29)25-24-20(28)14(2)30-17-11-7-6-10-16(17)23/h3-11,14H,12H2,1-2H3,(H,24,28)(H,25,29). The van der Waals surface area contributed by atoms with E-state index in [1.165, 1.54) is 29.8 Å². The maximum atomic E-state index is 13.6. The number of hydrogen-bond donors (Lipinski definition) is 2. The molecule has 0 aliphatic rings. The number of amides is 2. The van der Waals surface area contributed by atoms with Crippen LogP contribution < -0.4 is 15.6 Å². The van der Waals surface area contributed by atoms with Gasteiger partial charge in [-0.25, -0.2) is 9.07 Å². The highest BCUT2D eigenvalue weighted by atomic mass is 35.5. The molecule has 3 rings (SSSR count). The molecule has 0 spiro atoms. The minimum Gasteiger partial charge on any atom is -0.478 e. The Labute approximate surface area is 177 Å². The van der Waals surface area contributed by atoms with E-state index in [-0.39, 0.29) is 16.5 Å². The third kappa shape index (κ3) is 4.96. The van der Waals surface area contributed by atoms with Crippen LogP contribution in [0.3, 0.4) is 0 Å². The lowest BCUT2D eigenvalue weighted by molar-refractivity contribution is -0.128. The maximum absolute atomic E-state index is 13.6. The monoisotopic (exact) mass is 430 g/mol. The SMILES string of the molecule is Cc1nn(Cc2ccccc2)c(Cl)c1C(=O)NNC(=O)C(C)Oc1ccccc1F. The number of halogens is 2. The van der Waals surface area contributed by atoms with Gasteiger partial charge in [0.15, 0.2) is 17.7 Å². The molecule has 3 aromatic rings. The largest absolute Gasteiger partial charge is 0.478 e. The third-order valence-electron chi connectivity index (χ3n) is 4.28. The van der Waals surface area contributed by atoms with Gasteiger partial charge in [0.05, 0.1) is 12.2 Å². The van der Waals surface area contributed by atoms with Crippen LogP contribution in [-0.4, -0.2) is 27.7 Å². The highest BCUT2D eigenvalue weighted by Crippen LogP contribution is 2.21. The summed E-state index contributed by atoms with van der Waals surface area (Å²) in [4.78, 5) is 24.7. The van der Waals surface area contributed by atoms with E-state index in [4.69, 9.17) is 16.3 Å². The summed E-state index contributed by atoms with van der Waals surface area (Å²) in [6.45, 7) is 3.48. The van der Waals surface area contributed by atoms with Crippen LogP contribution >= 0.6 is 11.6 Å². The van der Waals surface area contributed by atoms with Crippen molar-refractivity contribution in [1.82, 2.24) is 20.6 Å². The van der Waals surface area contributed by atoms with Gasteiger partial charge in [-0.05, 0) is 31.5 Å². The summed E-state index contributed by atoms with van der Waals surface area (Å²) < 4.78 is 20.4. The van der Waals surface area contributed by atoms with Gasteiger partial charge in [-0.15, -0.1) is 0 Å². The highest BCUT2D eigenvalue weighted by molar-refractivity contribution is 6.33. The average molecular weight is 431 g/mol. The van der Waals surface area contributed by atoms with Crippen LogP contribution in [0.1, 0.15) is 28.5 Å². The van der Waals surface area contributed by atoms with Crippen molar-refractivity contribution in [2.75, 3.05) is 0 Å². The van der Waals surface area contributed by atoms with Crippen molar-refractivity contribution in [1.29, 1.82) is 0 Å². The zero-order valence-electron chi connectivity index (χ0n) is 16.4. The van der Waals surface area contributed by atoms with Crippen molar-refractivity contribution >= 4 is 23.4 Å². The van der Waals surface area contributed by atoms with Crippen LogP contribution in [0.25, 0.3) is 0 Å². The molecule has 7 nitrogen and oxygen atoms in total. The first-order chi connectivity index (χ1) is 14.4. The summed E-state index contributed by atoms with van der Waals surface area (Å²) in [5, 5.41) is 4.45. The van der Waals surface area contributed by atoms with E-state index >= 15 is 0 Å². The molecule has 1 atom stereocenters. The molecular weight excluding hydrogens is 411 g/mol. The van der Waals surface area contributed by atoms with Crippen LogP contribution in [0.15, 0.2) is 54.6 Å². The van der Waals surface area contributed by atoms with Gasteiger partial charge in [0.2, 0.25) is 0 Å². The van der Waals surface area contributed by atoms with Crippen LogP contribution in [0.5, 0.6) is 5.75 Å². The number of nitrogens with one attached hydrogen (secondary N) is 2. The molecule has 0 saturated heterocycles. The second-order valence-electron chi connectivity index (χ2n) is 6.53. The minimum atomic E-state index is -1.04. The Balaban J connectivity index is 1.62. The number of hydrazine groups is 1. The summed E-state index contributed by atoms with van der Waals surface area (Å²) in [6.07, 6.45) is -1.04. The molecule has 0 aliphatic heterocycles. The molecule has 1 heterocycles. The van der Waals surface area contributed by atoms with Gasteiger partial charge in [-0.1, -0.05) is 54.1 Å². The lowest BCUT2D eigenvalue weighted by atomic mass is 10.2. The third-order valence-corrected chi connectivity index (χ3v) is 4.66. The molecule has 9 heteroatoms. The lowest BCUT2D eigenvalue weighted by Crippen LogP contribution is -2.47. The van der Waals surface area contributed by atoms with Gasteiger partial charge in [0, 0.05) is 0 Å². The Kier molecular flexibility index (Phi) is 6.68. The van der Waals surface area contributed by atoms with Gasteiger partial charge in [-0.2, -0.15) is 5.10 Å². The van der Waals surface area contributed by atoms with E-state index in [0.29, 0.717) is 12.2 Å². The second-order valence-corrected chi connectivity index (χ2v) is 6.89. The summed E-state index contributed by atoms with van der Waals surface area (Å²) in [5.41, 5.74) is 6.08. The predicted molar refractivity (Wildman–Crippen MR) is 110 cm³/mol. The molecule has 0 aliphatic carbocycles. The molecule has 0 radical (unpaired) electrons. The summed E-state index contributed by atoms with van der Waals surface area (Å²) >= 11 is 6.34. The normalized spacial score (nSPS) is 11.6. The van der Waals surface area contributed by atoms with E-state index < -0.39 is 23.7 Å². The first-order valence-electron chi connectivity index (χ1n) is 9.15. The molecular formula is C21H20ClFN4O3. The summed E-state index contributed by atoms with van der Waals surface area (Å²) in [6, 6.07) is 15.3. The fourth-order valence-electron chi connectivity index (χ4n) is 2.74. The number of ether oxygens (including phenoxy) is 1. The van der Waals surface area contributed by atoms with Crippen molar-refractivity contribution in [3.8, 4) is 5.75 Å². The van der Waals surface area contributed by atoms with Crippen LogP contribution in [0.4, 0.5) is 4.39 Å². The van der Waals surface area contributed by atoms with Crippen molar-refractivity contribution in [3.63, 3.8) is 0 Å². The van der Waals surface area contributed by atoms with Crippen molar-refractivity contribution in [2.45, 2.75) is 26.5 Å². The van der Waals surface area contributed by atoms with Crippen molar-refractivity contribution < 1.29 is 18.7 Å².